The van der Waals surface area contributed by atoms with Gasteiger partial charge in [-0.25, -0.2) is 0 Å². The first-order valence-electron chi connectivity index (χ1n) is 7.68. The topological polar surface area (TPSA) is 97.4 Å². The van der Waals surface area contributed by atoms with Crippen molar-refractivity contribution in [3.63, 3.8) is 0 Å². The van der Waals surface area contributed by atoms with Gasteiger partial charge in [0.2, 0.25) is 0 Å². The molecule has 0 aliphatic rings. The maximum absolute atomic E-state index is 11.4. The third-order valence-corrected chi connectivity index (χ3v) is 2.58. The molecule has 0 heterocycles. The van der Waals surface area contributed by atoms with Crippen molar-refractivity contribution in [1.29, 1.82) is 0 Å². The minimum atomic E-state index is -0.490. The first kappa shape index (κ1) is 22.6. The van der Waals surface area contributed by atoms with E-state index in [9.17, 15) is 14.4 Å². The predicted molar refractivity (Wildman–Crippen MR) is 84.7 cm³/mol. The number of carbonyl (C=O) groups excluding carboxylic acids is 3. The van der Waals surface area contributed by atoms with Crippen molar-refractivity contribution in [1.82, 2.24) is 0 Å². The molecule has 0 rings (SSSR count). The Morgan fingerprint density at radius 3 is 1.71 bits per heavy atom. The minimum absolute atomic E-state index is 0.00000306. The maximum atomic E-state index is 11.4. The molecule has 0 aromatic heterocycles. The molecule has 24 heavy (non-hydrogen) atoms. The van der Waals surface area contributed by atoms with Crippen LogP contribution in [0.4, 0.5) is 0 Å². The van der Waals surface area contributed by atoms with E-state index in [1.807, 2.05) is 0 Å². The third kappa shape index (κ3) is 15.5. The van der Waals surface area contributed by atoms with Gasteiger partial charge in [0.05, 0.1) is 45.4 Å². The average molecular weight is 369 g/mol. The fourth-order valence-electron chi connectivity index (χ4n) is 1.39. The number of halogens is 1. The van der Waals surface area contributed by atoms with Crippen molar-refractivity contribution < 1.29 is 38.1 Å². The van der Waals surface area contributed by atoms with Crippen LogP contribution >= 0.6 is 11.6 Å². The molecule has 0 saturated carbocycles. The molecule has 0 unspecified atom stereocenters. The van der Waals surface area contributed by atoms with Crippen LogP contribution in [0.5, 0.6) is 0 Å². The summed E-state index contributed by atoms with van der Waals surface area (Å²) in [7, 11) is 0. The number of carbonyl (C=O) groups is 3. The number of rotatable bonds is 14. The molecule has 0 bridgehead atoms. The second kappa shape index (κ2) is 15.2. The van der Waals surface area contributed by atoms with Crippen LogP contribution in [0.3, 0.4) is 0 Å². The van der Waals surface area contributed by atoms with E-state index in [0.29, 0.717) is 13.2 Å². The quantitative estimate of drug-likeness (QED) is 0.194. The summed E-state index contributed by atoms with van der Waals surface area (Å²) in [6.07, 6.45) is -0.216. The summed E-state index contributed by atoms with van der Waals surface area (Å²) in [5, 5.41) is 0. The van der Waals surface area contributed by atoms with Crippen LogP contribution in [-0.2, 0) is 38.1 Å². The second-order valence-electron chi connectivity index (χ2n) is 4.84. The molecular formula is C15H25ClO8. The van der Waals surface area contributed by atoms with E-state index in [0.717, 1.165) is 0 Å². The highest BCUT2D eigenvalue weighted by Crippen LogP contribution is 1.99. The summed E-state index contributed by atoms with van der Waals surface area (Å²) in [5.74, 6) is -1.57. The maximum Gasteiger partial charge on any atom is 0.320 e. The monoisotopic (exact) mass is 368 g/mol. The Morgan fingerprint density at radius 1 is 0.750 bits per heavy atom. The van der Waals surface area contributed by atoms with Crippen molar-refractivity contribution in [3.05, 3.63) is 0 Å². The summed E-state index contributed by atoms with van der Waals surface area (Å²) in [4.78, 5) is 33.3. The molecule has 0 aromatic carbocycles. The van der Waals surface area contributed by atoms with Gasteiger partial charge >= 0.3 is 17.9 Å². The fourth-order valence-corrected chi connectivity index (χ4v) is 1.46. The zero-order chi connectivity index (χ0) is 18.2. The largest absolute Gasteiger partial charge is 0.463 e. The van der Waals surface area contributed by atoms with E-state index >= 15 is 0 Å². The number of hydrogen-bond donors (Lipinski definition) is 0. The first-order chi connectivity index (χ1) is 11.5. The van der Waals surface area contributed by atoms with Crippen LogP contribution in [0, 0.1) is 0 Å². The molecule has 9 heteroatoms. The summed E-state index contributed by atoms with van der Waals surface area (Å²) in [5.41, 5.74) is 0. The number of ether oxygens (including phenoxy) is 5. The van der Waals surface area contributed by atoms with Crippen molar-refractivity contribution in [2.75, 3.05) is 45.5 Å². The van der Waals surface area contributed by atoms with Crippen LogP contribution < -0.4 is 0 Å². The van der Waals surface area contributed by atoms with E-state index < -0.39 is 17.9 Å². The van der Waals surface area contributed by atoms with Crippen LogP contribution in [0.25, 0.3) is 0 Å². The Balaban J connectivity index is 3.33. The van der Waals surface area contributed by atoms with Gasteiger partial charge in [0.1, 0.15) is 19.1 Å². The first-order valence-corrected chi connectivity index (χ1v) is 8.21. The highest BCUT2D eigenvalue weighted by atomic mass is 35.5. The summed E-state index contributed by atoms with van der Waals surface area (Å²) in [6.45, 7) is 4.86. The lowest BCUT2D eigenvalue weighted by Crippen LogP contribution is -2.16. The average Bonchev–Trinajstić information content (AvgIpc) is 2.53. The molecule has 0 fully saturated rings. The number of alkyl halides is 1. The predicted octanol–water partition coefficient (Wildman–Crippen LogP) is 1.08. The Morgan fingerprint density at radius 2 is 1.21 bits per heavy atom. The molecule has 0 atom stereocenters. The van der Waals surface area contributed by atoms with Gasteiger partial charge in [-0.3, -0.25) is 14.4 Å². The minimum Gasteiger partial charge on any atom is -0.463 e. The van der Waals surface area contributed by atoms with Crippen molar-refractivity contribution in [3.8, 4) is 0 Å². The van der Waals surface area contributed by atoms with E-state index in [1.54, 1.807) is 13.8 Å². The third-order valence-electron chi connectivity index (χ3n) is 2.36. The molecule has 0 N–H and O–H groups in total. The Labute approximate surface area is 146 Å². The number of esters is 3. The van der Waals surface area contributed by atoms with Gasteiger partial charge in [-0.2, -0.15) is 0 Å². The highest BCUT2D eigenvalue weighted by Gasteiger charge is 2.10. The second-order valence-corrected chi connectivity index (χ2v) is 5.11. The Bertz CT molecular complexity index is 372. The van der Waals surface area contributed by atoms with Crippen LogP contribution in [0.2, 0.25) is 0 Å². The van der Waals surface area contributed by atoms with Gasteiger partial charge < -0.3 is 23.7 Å². The zero-order valence-corrected chi connectivity index (χ0v) is 14.8. The molecule has 0 amide bonds. The smallest absolute Gasteiger partial charge is 0.320 e. The molecule has 0 spiro atoms. The van der Waals surface area contributed by atoms with Crippen molar-refractivity contribution in [2.45, 2.75) is 32.8 Å². The lowest BCUT2D eigenvalue weighted by Gasteiger charge is -2.08. The standard InChI is InChI=1S/C15H25ClO8/c1-12(2)24-14(18)4-3-13(17)22-9-7-20-5-6-21-8-10-23-15(19)11-16/h12H,3-11H2,1-2H3. The summed E-state index contributed by atoms with van der Waals surface area (Å²) >= 11 is 5.25. The summed E-state index contributed by atoms with van der Waals surface area (Å²) < 4.78 is 24.8. The van der Waals surface area contributed by atoms with Gasteiger partial charge in [0.25, 0.3) is 0 Å². The van der Waals surface area contributed by atoms with Gasteiger partial charge in [-0.1, -0.05) is 0 Å². The van der Waals surface area contributed by atoms with Crippen molar-refractivity contribution >= 4 is 29.5 Å². The van der Waals surface area contributed by atoms with E-state index in [4.69, 9.17) is 35.3 Å². The van der Waals surface area contributed by atoms with Crippen LogP contribution in [-0.4, -0.2) is 69.5 Å². The van der Waals surface area contributed by atoms with Gasteiger partial charge in [-0.05, 0) is 13.8 Å². The lowest BCUT2D eigenvalue weighted by molar-refractivity contribution is -0.153. The normalized spacial score (nSPS) is 10.5. The fraction of sp³-hybridized carbons (Fsp3) is 0.800. The lowest BCUT2D eigenvalue weighted by atomic mass is 10.3. The molecule has 8 nitrogen and oxygen atoms in total. The molecule has 0 radical (unpaired) electrons. The molecule has 0 saturated heterocycles. The molecule has 140 valence electrons. The Kier molecular flexibility index (Phi) is 14.3. The van der Waals surface area contributed by atoms with Gasteiger partial charge in [-0.15, -0.1) is 11.6 Å². The number of hydrogen-bond acceptors (Lipinski definition) is 8. The van der Waals surface area contributed by atoms with Crippen LogP contribution in [0.15, 0.2) is 0 Å². The molecular weight excluding hydrogens is 344 g/mol. The molecule has 0 aliphatic carbocycles. The molecule has 0 aromatic rings. The molecule has 0 aliphatic heterocycles. The summed E-state index contributed by atoms with van der Waals surface area (Å²) in [6, 6.07) is 0. The van der Waals surface area contributed by atoms with Gasteiger partial charge in [0.15, 0.2) is 0 Å². The van der Waals surface area contributed by atoms with E-state index in [1.165, 1.54) is 0 Å². The highest BCUT2D eigenvalue weighted by molar-refractivity contribution is 6.26. The van der Waals surface area contributed by atoms with Crippen molar-refractivity contribution in [2.24, 2.45) is 0 Å². The van der Waals surface area contributed by atoms with E-state index in [-0.39, 0.29) is 51.3 Å². The zero-order valence-electron chi connectivity index (χ0n) is 14.1. The Hall–Kier alpha value is -1.38. The van der Waals surface area contributed by atoms with E-state index in [2.05, 4.69) is 0 Å². The van der Waals surface area contributed by atoms with Gasteiger partial charge in [0, 0.05) is 0 Å². The van der Waals surface area contributed by atoms with Crippen LogP contribution in [0.1, 0.15) is 26.7 Å². The SMILES string of the molecule is CC(C)OC(=O)CCC(=O)OCCOCCOCCOC(=O)CCl.